The number of fused-ring (bicyclic) bond motifs is 2. The number of Topliss-reactive ketones (excluding diaryl/α,β-unsaturated/α-hetero) is 2. The lowest BCUT2D eigenvalue weighted by Gasteiger charge is -2.36. The fourth-order valence-corrected chi connectivity index (χ4v) is 4.48. The molecular formula is C22H20ClN2O4+. The number of piperazine rings is 1. The molecule has 1 fully saturated rings. The minimum atomic E-state index is -0.271. The number of hydrogen-bond acceptors (Lipinski definition) is 5. The molecule has 0 bridgehead atoms. The number of quaternary nitrogens is 1. The summed E-state index contributed by atoms with van der Waals surface area (Å²) in [4.78, 5) is 29.0. The lowest BCUT2D eigenvalue weighted by molar-refractivity contribution is -0.917. The Kier molecular flexibility index (Phi) is 4.53. The largest absolute Gasteiger partial charge is 0.454 e. The maximum atomic E-state index is 13.0. The first kappa shape index (κ1) is 18.2. The average molecular weight is 412 g/mol. The molecule has 6 nitrogen and oxygen atoms in total. The Hall–Kier alpha value is -2.83. The topological polar surface area (TPSA) is 60.3 Å². The molecule has 0 radical (unpaired) electrons. The molecular weight excluding hydrogens is 392 g/mol. The van der Waals surface area contributed by atoms with E-state index in [1.807, 2.05) is 17.0 Å². The fraction of sp³-hybridized carbons (Fsp3) is 0.273. The highest BCUT2D eigenvalue weighted by Crippen LogP contribution is 2.32. The van der Waals surface area contributed by atoms with Crippen LogP contribution >= 0.6 is 11.6 Å². The lowest BCUT2D eigenvalue weighted by Crippen LogP contribution is -3.13. The molecule has 2 aliphatic heterocycles. The zero-order valence-electron chi connectivity index (χ0n) is 15.7. The quantitative estimate of drug-likeness (QED) is 0.832. The second-order valence-corrected chi connectivity index (χ2v) is 7.85. The monoisotopic (exact) mass is 411 g/mol. The van der Waals surface area contributed by atoms with E-state index < -0.39 is 0 Å². The highest BCUT2D eigenvalue weighted by Gasteiger charge is 2.36. The molecule has 7 heteroatoms. The molecule has 2 aromatic carbocycles. The number of rotatable bonds is 3. The van der Waals surface area contributed by atoms with Crippen LogP contribution < -0.4 is 14.4 Å². The van der Waals surface area contributed by atoms with Crippen LogP contribution in [0.25, 0.3) is 0 Å². The first-order valence-electron chi connectivity index (χ1n) is 9.67. The minimum absolute atomic E-state index is 0.0351. The molecule has 1 aliphatic carbocycles. The van der Waals surface area contributed by atoms with Gasteiger partial charge < -0.3 is 19.3 Å². The SMILES string of the molecule is O=C1C(Cl)=C(N2CC[NH+](Cc3ccc4c(c3)OCO4)CC2)C(=O)c2ccccc21. The van der Waals surface area contributed by atoms with Crippen LogP contribution in [-0.4, -0.2) is 49.4 Å². The predicted molar refractivity (Wildman–Crippen MR) is 107 cm³/mol. The van der Waals surface area contributed by atoms with Crippen molar-refractivity contribution in [3.63, 3.8) is 0 Å². The number of ketones is 2. The standard InChI is InChI=1S/C22H19ClN2O4/c23-19-20(22(27)16-4-2-1-3-15(16)21(19)26)25-9-7-24(8-10-25)12-14-5-6-17-18(11-14)29-13-28-17/h1-6,11H,7-10,12-13H2/p+1. The van der Waals surface area contributed by atoms with Crippen LogP contribution in [0.4, 0.5) is 0 Å². The number of carbonyl (C=O) groups excluding carboxylic acids is 2. The minimum Gasteiger partial charge on any atom is -0.454 e. The van der Waals surface area contributed by atoms with Crippen LogP contribution in [0.15, 0.2) is 53.2 Å². The second-order valence-electron chi connectivity index (χ2n) is 7.47. The Morgan fingerprint density at radius 2 is 1.62 bits per heavy atom. The van der Waals surface area contributed by atoms with Gasteiger partial charge in [-0.2, -0.15) is 0 Å². The summed E-state index contributed by atoms with van der Waals surface area (Å²) >= 11 is 6.34. The molecule has 2 heterocycles. The highest BCUT2D eigenvalue weighted by molar-refractivity contribution is 6.49. The van der Waals surface area contributed by atoms with Gasteiger partial charge >= 0.3 is 0 Å². The van der Waals surface area contributed by atoms with Crippen LogP contribution in [0.5, 0.6) is 11.5 Å². The Morgan fingerprint density at radius 3 is 2.38 bits per heavy atom. The maximum absolute atomic E-state index is 13.0. The number of halogens is 1. The molecule has 0 aromatic heterocycles. The number of nitrogens with zero attached hydrogens (tertiary/aromatic N) is 1. The maximum Gasteiger partial charge on any atom is 0.231 e. The van der Waals surface area contributed by atoms with Crippen molar-refractivity contribution in [2.45, 2.75) is 6.54 Å². The average Bonchev–Trinajstić information content (AvgIpc) is 3.21. The van der Waals surface area contributed by atoms with E-state index in [2.05, 4.69) is 6.07 Å². The van der Waals surface area contributed by atoms with Gasteiger partial charge in [0.05, 0.1) is 26.2 Å². The molecule has 0 amide bonds. The zero-order chi connectivity index (χ0) is 20.0. The van der Waals surface area contributed by atoms with Crippen LogP contribution in [0.2, 0.25) is 0 Å². The number of benzene rings is 2. The Morgan fingerprint density at radius 1 is 0.931 bits per heavy atom. The molecule has 0 unspecified atom stereocenters. The molecule has 1 saturated heterocycles. The number of nitrogens with one attached hydrogen (secondary N) is 1. The number of allylic oxidation sites excluding steroid dienone is 2. The first-order chi connectivity index (χ1) is 14.1. The van der Waals surface area contributed by atoms with Crippen molar-refractivity contribution in [2.75, 3.05) is 33.0 Å². The van der Waals surface area contributed by atoms with Crippen molar-refractivity contribution in [1.29, 1.82) is 0 Å². The Bertz CT molecular complexity index is 1040. The summed E-state index contributed by atoms with van der Waals surface area (Å²) in [5.41, 5.74) is 2.36. The van der Waals surface area contributed by atoms with E-state index in [9.17, 15) is 9.59 Å². The number of ether oxygens (including phenoxy) is 2. The summed E-state index contributed by atoms with van der Waals surface area (Å²) < 4.78 is 10.8. The van der Waals surface area contributed by atoms with Crippen molar-refractivity contribution in [3.05, 3.63) is 69.9 Å². The molecule has 3 aliphatic rings. The van der Waals surface area contributed by atoms with E-state index >= 15 is 0 Å². The van der Waals surface area contributed by atoms with Crippen LogP contribution in [-0.2, 0) is 6.54 Å². The molecule has 0 saturated carbocycles. The number of carbonyl (C=O) groups is 2. The van der Waals surface area contributed by atoms with Gasteiger partial charge in [0.25, 0.3) is 0 Å². The van der Waals surface area contributed by atoms with E-state index in [1.165, 1.54) is 10.5 Å². The molecule has 5 rings (SSSR count). The Labute approximate surface area is 173 Å². The summed E-state index contributed by atoms with van der Waals surface area (Å²) in [6.07, 6.45) is 0. The van der Waals surface area contributed by atoms with Gasteiger partial charge in [0.15, 0.2) is 11.5 Å². The van der Waals surface area contributed by atoms with Gasteiger partial charge in [0.1, 0.15) is 17.3 Å². The third-order valence-corrected chi connectivity index (χ3v) is 6.07. The van der Waals surface area contributed by atoms with Crippen molar-refractivity contribution in [3.8, 4) is 11.5 Å². The highest BCUT2D eigenvalue weighted by atomic mass is 35.5. The molecule has 0 spiro atoms. The van der Waals surface area contributed by atoms with Gasteiger partial charge in [-0.3, -0.25) is 9.59 Å². The van der Waals surface area contributed by atoms with Gasteiger partial charge in [-0.05, 0) is 18.2 Å². The van der Waals surface area contributed by atoms with Gasteiger partial charge in [-0.25, -0.2) is 0 Å². The van der Waals surface area contributed by atoms with Gasteiger partial charge in [-0.15, -0.1) is 0 Å². The van der Waals surface area contributed by atoms with Crippen LogP contribution in [0.3, 0.4) is 0 Å². The van der Waals surface area contributed by atoms with Crippen molar-refractivity contribution >= 4 is 23.2 Å². The van der Waals surface area contributed by atoms with Crippen molar-refractivity contribution in [1.82, 2.24) is 4.90 Å². The smallest absolute Gasteiger partial charge is 0.231 e. The van der Waals surface area contributed by atoms with E-state index in [4.69, 9.17) is 21.1 Å². The zero-order valence-corrected chi connectivity index (χ0v) is 16.5. The van der Waals surface area contributed by atoms with E-state index in [1.54, 1.807) is 24.3 Å². The molecule has 2 aromatic rings. The molecule has 1 N–H and O–H groups in total. The van der Waals surface area contributed by atoms with Crippen molar-refractivity contribution < 1.29 is 24.0 Å². The van der Waals surface area contributed by atoms with Crippen LogP contribution in [0.1, 0.15) is 26.3 Å². The summed E-state index contributed by atoms with van der Waals surface area (Å²) in [6.45, 7) is 4.19. The third-order valence-electron chi connectivity index (χ3n) is 5.72. The van der Waals surface area contributed by atoms with E-state index in [-0.39, 0.29) is 23.4 Å². The Balaban J connectivity index is 1.29. The predicted octanol–water partition coefficient (Wildman–Crippen LogP) is 1.65. The third kappa shape index (κ3) is 3.18. The summed E-state index contributed by atoms with van der Waals surface area (Å²) in [5.74, 6) is 1.15. The second kappa shape index (κ2) is 7.21. The summed E-state index contributed by atoms with van der Waals surface area (Å²) in [5, 5.41) is 0.0351. The van der Waals surface area contributed by atoms with Crippen LogP contribution in [0, 0.1) is 0 Å². The van der Waals surface area contributed by atoms with E-state index in [0.29, 0.717) is 29.9 Å². The van der Waals surface area contributed by atoms with Crippen molar-refractivity contribution in [2.24, 2.45) is 0 Å². The first-order valence-corrected chi connectivity index (χ1v) is 10.0. The van der Waals surface area contributed by atoms with E-state index in [0.717, 1.165) is 31.1 Å². The molecule has 0 atom stereocenters. The number of hydrogen-bond donors (Lipinski definition) is 1. The summed E-state index contributed by atoms with van der Waals surface area (Å²) in [6, 6.07) is 12.9. The van der Waals surface area contributed by atoms with Gasteiger partial charge in [0, 0.05) is 16.7 Å². The van der Waals surface area contributed by atoms with Gasteiger partial charge in [-0.1, -0.05) is 35.9 Å². The lowest BCUT2D eigenvalue weighted by atomic mass is 9.91. The normalized spacial score (nSPS) is 19.0. The molecule has 29 heavy (non-hydrogen) atoms. The van der Waals surface area contributed by atoms with Gasteiger partial charge in [0.2, 0.25) is 18.4 Å². The fourth-order valence-electron chi connectivity index (χ4n) is 4.18. The molecule has 148 valence electrons. The summed E-state index contributed by atoms with van der Waals surface area (Å²) in [7, 11) is 0.